The topological polar surface area (TPSA) is 28.2 Å². The van der Waals surface area contributed by atoms with Crippen LogP contribution in [0.15, 0.2) is 42.6 Å². The molecule has 122 valence electrons. The van der Waals surface area contributed by atoms with E-state index in [4.69, 9.17) is 0 Å². The van der Waals surface area contributed by atoms with Crippen molar-refractivity contribution in [3.63, 3.8) is 0 Å². The lowest BCUT2D eigenvalue weighted by atomic mass is 10.2. The van der Waals surface area contributed by atoms with E-state index in [1.165, 1.54) is 12.1 Å². The highest BCUT2D eigenvalue weighted by Gasteiger charge is 2.02. The zero-order valence-electron chi connectivity index (χ0n) is 12.8. The second kappa shape index (κ2) is 10.2. The van der Waals surface area contributed by atoms with Crippen molar-refractivity contribution in [2.75, 3.05) is 23.3 Å². The number of hydrogen-bond donors (Lipinski definition) is 1. The largest absolute Gasteiger partial charge is 0.381 e. The maximum absolute atomic E-state index is 12.8. The van der Waals surface area contributed by atoms with Gasteiger partial charge in [0.15, 0.2) is 0 Å². The van der Waals surface area contributed by atoms with Crippen LogP contribution in [0.5, 0.6) is 0 Å². The molecule has 1 aromatic heterocycles. The van der Waals surface area contributed by atoms with Gasteiger partial charge in [-0.05, 0) is 49.7 Å². The molecule has 2 rings (SSSR count). The first-order valence-electron chi connectivity index (χ1n) is 6.92. The molecule has 1 heterocycles. The van der Waals surface area contributed by atoms with Gasteiger partial charge >= 0.3 is 0 Å². The quantitative estimate of drug-likeness (QED) is 0.833. The molecule has 0 fully saturated rings. The summed E-state index contributed by atoms with van der Waals surface area (Å²) in [5, 5.41) is 3.24. The second-order valence-electron chi connectivity index (χ2n) is 4.56. The van der Waals surface area contributed by atoms with Crippen LogP contribution < -0.4 is 10.2 Å². The van der Waals surface area contributed by atoms with Gasteiger partial charge in [-0.1, -0.05) is 6.07 Å². The van der Waals surface area contributed by atoms with Crippen molar-refractivity contribution in [2.45, 2.75) is 20.4 Å². The van der Waals surface area contributed by atoms with Crippen LogP contribution >= 0.6 is 24.8 Å². The van der Waals surface area contributed by atoms with Crippen molar-refractivity contribution in [3.8, 4) is 0 Å². The summed E-state index contributed by atoms with van der Waals surface area (Å²) in [6.07, 6.45) is 1.88. The first kappa shape index (κ1) is 20.5. The normalized spacial score (nSPS) is 9.41. The van der Waals surface area contributed by atoms with Crippen LogP contribution in [0.4, 0.5) is 15.9 Å². The fraction of sp³-hybridized carbons (Fsp3) is 0.312. The predicted molar refractivity (Wildman–Crippen MR) is 96.0 cm³/mol. The minimum absolute atomic E-state index is 0. The molecular weight excluding hydrogens is 324 g/mol. The van der Waals surface area contributed by atoms with E-state index in [9.17, 15) is 4.39 Å². The molecule has 3 nitrogen and oxygen atoms in total. The molecule has 0 saturated carbocycles. The van der Waals surface area contributed by atoms with Crippen LogP contribution in [0, 0.1) is 5.82 Å². The molecule has 0 atom stereocenters. The lowest BCUT2D eigenvalue weighted by Crippen LogP contribution is -2.22. The van der Waals surface area contributed by atoms with Gasteiger partial charge in [-0.2, -0.15) is 0 Å². The van der Waals surface area contributed by atoms with E-state index in [1.54, 1.807) is 12.1 Å². The van der Waals surface area contributed by atoms with Crippen molar-refractivity contribution >= 4 is 36.3 Å². The van der Waals surface area contributed by atoms with Gasteiger partial charge in [0.25, 0.3) is 0 Å². The summed E-state index contributed by atoms with van der Waals surface area (Å²) in [5.74, 6) is 0.779. The zero-order chi connectivity index (χ0) is 14.4. The van der Waals surface area contributed by atoms with Crippen LogP contribution in [-0.4, -0.2) is 18.1 Å². The lowest BCUT2D eigenvalue weighted by molar-refractivity contribution is 0.628. The number of anilines is 2. The van der Waals surface area contributed by atoms with Crippen LogP contribution in [0.2, 0.25) is 0 Å². The summed E-state index contributed by atoms with van der Waals surface area (Å²) >= 11 is 0. The Hall–Kier alpha value is -1.52. The fourth-order valence-corrected chi connectivity index (χ4v) is 2.03. The number of nitrogens with zero attached hydrogens (tertiary/aromatic N) is 2. The maximum Gasteiger partial charge on any atom is 0.128 e. The van der Waals surface area contributed by atoms with Gasteiger partial charge in [-0.25, -0.2) is 9.37 Å². The minimum atomic E-state index is -0.221. The molecule has 0 spiro atoms. The van der Waals surface area contributed by atoms with Gasteiger partial charge in [-0.3, -0.25) is 0 Å². The van der Waals surface area contributed by atoms with Gasteiger partial charge in [0.2, 0.25) is 0 Å². The number of hydrogen-bond acceptors (Lipinski definition) is 3. The molecule has 22 heavy (non-hydrogen) atoms. The summed E-state index contributed by atoms with van der Waals surface area (Å²) in [5.41, 5.74) is 2.00. The predicted octanol–water partition coefficient (Wildman–Crippen LogP) is 4.52. The van der Waals surface area contributed by atoms with E-state index < -0.39 is 0 Å². The first-order valence-corrected chi connectivity index (χ1v) is 6.92. The molecule has 0 unspecified atom stereocenters. The molecule has 1 aromatic carbocycles. The minimum Gasteiger partial charge on any atom is -0.381 e. The van der Waals surface area contributed by atoms with Gasteiger partial charge in [-0.15, -0.1) is 24.8 Å². The molecule has 6 heteroatoms. The van der Waals surface area contributed by atoms with E-state index in [-0.39, 0.29) is 30.6 Å². The van der Waals surface area contributed by atoms with E-state index in [2.05, 4.69) is 35.1 Å². The summed E-state index contributed by atoms with van der Waals surface area (Å²) in [6, 6.07) is 10.5. The summed E-state index contributed by atoms with van der Waals surface area (Å²) in [6.45, 7) is 6.83. The van der Waals surface area contributed by atoms with Crippen LogP contribution in [0.1, 0.15) is 19.4 Å². The molecule has 0 aliphatic carbocycles. The molecule has 1 N–H and O–H groups in total. The number of rotatable bonds is 6. The summed E-state index contributed by atoms with van der Waals surface area (Å²) in [7, 11) is 0. The van der Waals surface area contributed by atoms with Crippen molar-refractivity contribution < 1.29 is 4.39 Å². The Morgan fingerprint density at radius 2 is 1.64 bits per heavy atom. The van der Waals surface area contributed by atoms with E-state index in [0.29, 0.717) is 6.54 Å². The number of benzene rings is 1. The lowest BCUT2D eigenvalue weighted by Gasteiger charge is -2.19. The van der Waals surface area contributed by atoms with E-state index in [0.717, 1.165) is 30.2 Å². The highest BCUT2D eigenvalue weighted by molar-refractivity contribution is 5.85. The average Bonchev–Trinajstić information content (AvgIpc) is 2.49. The number of pyridine rings is 1. The highest BCUT2D eigenvalue weighted by Crippen LogP contribution is 2.13. The van der Waals surface area contributed by atoms with Gasteiger partial charge in [0.05, 0.1) is 0 Å². The van der Waals surface area contributed by atoms with Gasteiger partial charge < -0.3 is 10.2 Å². The third-order valence-corrected chi connectivity index (χ3v) is 3.24. The van der Waals surface area contributed by atoms with Gasteiger partial charge in [0.1, 0.15) is 11.6 Å². The molecule has 2 aromatic rings. The molecular formula is C16H22Cl2FN3. The van der Waals surface area contributed by atoms with Crippen LogP contribution in [0.3, 0.4) is 0 Å². The molecule has 0 bridgehead atoms. The summed E-state index contributed by atoms with van der Waals surface area (Å²) in [4.78, 5) is 6.68. The summed E-state index contributed by atoms with van der Waals surface area (Å²) < 4.78 is 12.8. The monoisotopic (exact) mass is 345 g/mol. The SMILES string of the molecule is CCN(CC)c1ccc(CNc2ccc(F)cc2)cn1.Cl.Cl. The van der Waals surface area contributed by atoms with Crippen molar-refractivity contribution in [2.24, 2.45) is 0 Å². The smallest absolute Gasteiger partial charge is 0.128 e. The van der Waals surface area contributed by atoms with E-state index in [1.807, 2.05) is 12.3 Å². The number of nitrogens with one attached hydrogen (secondary N) is 1. The fourth-order valence-electron chi connectivity index (χ4n) is 2.03. The maximum atomic E-state index is 12.8. The first-order chi connectivity index (χ1) is 9.72. The number of aromatic nitrogens is 1. The Bertz CT molecular complexity index is 528. The second-order valence-corrected chi connectivity index (χ2v) is 4.56. The molecule has 0 aliphatic rings. The van der Waals surface area contributed by atoms with Crippen molar-refractivity contribution in [1.82, 2.24) is 4.98 Å². The third kappa shape index (κ3) is 5.70. The number of halogens is 3. The Morgan fingerprint density at radius 1 is 1.00 bits per heavy atom. The molecule has 0 saturated heterocycles. The zero-order valence-corrected chi connectivity index (χ0v) is 14.4. The Morgan fingerprint density at radius 3 is 2.14 bits per heavy atom. The van der Waals surface area contributed by atoms with Crippen molar-refractivity contribution in [3.05, 3.63) is 54.0 Å². The van der Waals surface area contributed by atoms with Crippen LogP contribution in [0.25, 0.3) is 0 Å². The van der Waals surface area contributed by atoms with Gasteiger partial charge in [0, 0.05) is 31.5 Å². The molecule has 0 aliphatic heterocycles. The third-order valence-electron chi connectivity index (χ3n) is 3.24. The van der Waals surface area contributed by atoms with Crippen molar-refractivity contribution in [1.29, 1.82) is 0 Å². The Balaban J connectivity index is 0.00000220. The Kier molecular flexibility index (Phi) is 9.54. The van der Waals surface area contributed by atoms with Crippen LogP contribution in [-0.2, 0) is 6.54 Å². The molecule has 0 amide bonds. The average molecular weight is 346 g/mol. The standard InChI is InChI=1S/C16H20FN3.2ClH/c1-3-20(4-2)16-10-5-13(12-19-16)11-18-15-8-6-14(17)7-9-15;;/h5-10,12,18H,3-4,11H2,1-2H3;2*1H. The molecule has 0 radical (unpaired) electrons. The Labute approximate surface area is 143 Å². The van der Waals surface area contributed by atoms with E-state index >= 15 is 0 Å². The highest BCUT2D eigenvalue weighted by atomic mass is 35.5.